The summed E-state index contributed by atoms with van der Waals surface area (Å²) in [6.07, 6.45) is 2.06. The summed E-state index contributed by atoms with van der Waals surface area (Å²) in [6.45, 7) is 6.03. The smallest absolute Gasteiger partial charge is 0.321 e. The highest BCUT2D eigenvalue weighted by molar-refractivity contribution is 5.89. The van der Waals surface area contributed by atoms with Crippen LogP contribution in [0, 0.1) is 0 Å². The van der Waals surface area contributed by atoms with Crippen LogP contribution in [0.5, 0.6) is 5.75 Å². The summed E-state index contributed by atoms with van der Waals surface area (Å²) in [5.41, 5.74) is 0.769. The first-order valence-corrected chi connectivity index (χ1v) is 7.93. The summed E-state index contributed by atoms with van der Waals surface area (Å²) in [5.74, 6) is 0.745. The van der Waals surface area contributed by atoms with Gasteiger partial charge in [0.2, 0.25) is 0 Å². The monoisotopic (exact) mass is 305 g/mol. The number of piperidine rings is 1. The Labute approximate surface area is 133 Å². The third-order valence-electron chi connectivity index (χ3n) is 4.46. The van der Waals surface area contributed by atoms with Crippen molar-refractivity contribution in [2.24, 2.45) is 0 Å². The van der Waals surface area contributed by atoms with Gasteiger partial charge in [-0.25, -0.2) is 4.79 Å². The molecule has 2 amide bonds. The summed E-state index contributed by atoms with van der Waals surface area (Å²) in [5, 5.41) is 2.95. The van der Waals surface area contributed by atoms with Crippen molar-refractivity contribution in [1.29, 1.82) is 0 Å². The van der Waals surface area contributed by atoms with Crippen LogP contribution in [0.4, 0.5) is 10.5 Å². The molecule has 2 rings (SSSR count). The van der Waals surface area contributed by atoms with Crippen LogP contribution in [0.25, 0.3) is 0 Å². The molecule has 0 aromatic heterocycles. The highest BCUT2D eigenvalue weighted by Crippen LogP contribution is 2.20. The van der Waals surface area contributed by atoms with Crippen LogP contribution < -0.4 is 10.1 Å². The van der Waals surface area contributed by atoms with Gasteiger partial charge >= 0.3 is 6.03 Å². The molecule has 1 fully saturated rings. The molecule has 1 saturated heterocycles. The van der Waals surface area contributed by atoms with Gasteiger partial charge in [-0.05, 0) is 45.9 Å². The number of likely N-dealkylation sites (tertiary alicyclic amines) is 1. The normalized spacial score (nSPS) is 16.2. The van der Waals surface area contributed by atoms with Gasteiger partial charge in [-0.3, -0.25) is 0 Å². The minimum absolute atomic E-state index is 0.0288. The number of nitrogens with one attached hydrogen (secondary N) is 1. The quantitative estimate of drug-likeness (QED) is 0.930. The number of nitrogens with zero attached hydrogens (tertiary/aromatic N) is 2. The van der Waals surface area contributed by atoms with E-state index in [9.17, 15) is 4.79 Å². The van der Waals surface area contributed by atoms with Crippen molar-refractivity contribution in [2.45, 2.75) is 38.8 Å². The van der Waals surface area contributed by atoms with E-state index in [0.29, 0.717) is 12.1 Å². The Morgan fingerprint density at radius 3 is 2.64 bits per heavy atom. The molecule has 1 aromatic carbocycles. The zero-order valence-electron chi connectivity index (χ0n) is 14.0. The predicted octanol–water partition coefficient (Wildman–Crippen LogP) is 3.03. The fraction of sp³-hybridized carbons (Fsp3) is 0.588. The minimum atomic E-state index is -0.0288. The highest BCUT2D eigenvalue weighted by atomic mass is 16.5. The van der Waals surface area contributed by atoms with Crippen molar-refractivity contribution in [3.63, 3.8) is 0 Å². The van der Waals surface area contributed by atoms with Crippen LogP contribution in [-0.2, 0) is 0 Å². The van der Waals surface area contributed by atoms with Gasteiger partial charge in [0, 0.05) is 36.9 Å². The van der Waals surface area contributed by atoms with Crippen molar-refractivity contribution in [3.8, 4) is 5.75 Å². The average Bonchev–Trinajstić information content (AvgIpc) is 2.54. The van der Waals surface area contributed by atoms with Crippen LogP contribution in [0.1, 0.15) is 26.7 Å². The molecule has 1 aliphatic heterocycles. The number of anilines is 1. The molecule has 0 saturated carbocycles. The molecule has 0 radical (unpaired) electrons. The molecular weight excluding hydrogens is 278 g/mol. The van der Waals surface area contributed by atoms with E-state index in [4.69, 9.17) is 4.74 Å². The number of carbonyl (C=O) groups excluding carboxylic acids is 1. The van der Waals surface area contributed by atoms with E-state index >= 15 is 0 Å². The molecule has 22 heavy (non-hydrogen) atoms. The Kier molecular flexibility index (Phi) is 5.66. The van der Waals surface area contributed by atoms with Gasteiger partial charge in [-0.15, -0.1) is 0 Å². The van der Waals surface area contributed by atoms with Crippen LogP contribution in [0.3, 0.4) is 0 Å². The van der Waals surface area contributed by atoms with Crippen molar-refractivity contribution < 1.29 is 9.53 Å². The maximum Gasteiger partial charge on any atom is 0.321 e. The second-order valence-corrected chi connectivity index (χ2v) is 6.14. The van der Waals surface area contributed by atoms with Gasteiger partial charge in [0.25, 0.3) is 0 Å². The number of benzene rings is 1. The molecule has 1 heterocycles. The maximum absolute atomic E-state index is 12.3. The van der Waals surface area contributed by atoms with Gasteiger partial charge in [0.15, 0.2) is 0 Å². The summed E-state index contributed by atoms with van der Waals surface area (Å²) in [7, 11) is 3.79. The van der Waals surface area contributed by atoms with E-state index in [1.807, 2.05) is 29.2 Å². The first-order valence-electron chi connectivity index (χ1n) is 7.93. The van der Waals surface area contributed by atoms with Crippen LogP contribution >= 0.6 is 0 Å². The lowest BCUT2D eigenvalue weighted by atomic mass is 10.0. The Bertz CT molecular complexity index is 496. The second kappa shape index (κ2) is 7.49. The SMILES string of the molecule is COc1cccc(NC(=O)N2CCC(N(C)C(C)C)CC2)c1. The lowest BCUT2D eigenvalue weighted by Crippen LogP contribution is -2.48. The van der Waals surface area contributed by atoms with Crippen molar-refractivity contribution in [1.82, 2.24) is 9.80 Å². The Morgan fingerprint density at radius 1 is 1.36 bits per heavy atom. The van der Waals surface area contributed by atoms with E-state index < -0.39 is 0 Å². The number of amides is 2. The molecule has 0 aliphatic carbocycles. The van der Waals surface area contributed by atoms with Gasteiger partial charge in [-0.2, -0.15) is 0 Å². The fourth-order valence-electron chi connectivity index (χ4n) is 2.80. The molecule has 0 atom stereocenters. The first kappa shape index (κ1) is 16.6. The maximum atomic E-state index is 12.3. The summed E-state index contributed by atoms with van der Waals surface area (Å²) >= 11 is 0. The summed E-state index contributed by atoms with van der Waals surface area (Å²) in [6, 6.07) is 8.53. The molecule has 5 heteroatoms. The number of ether oxygens (including phenoxy) is 1. The van der Waals surface area contributed by atoms with Gasteiger partial charge < -0.3 is 19.9 Å². The van der Waals surface area contributed by atoms with Gasteiger partial charge in [-0.1, -0.05) is 6.07 Å². The van der Waals surface area contributed by atoms with Crippen LogP contribution in [0.15, 0.2) is 24.3 Å². The minimum Gasteiger partial charge on any atom is -0.497 e. The van der Waals surface area contributed by atoms with Crippen molar-refractivity contribution >= 4 is 11.7 Å². The Balaban J connectivity index is 1.87. The van der Waals surface area contributed by atoms with Crippen molar-refractivity contribution in [3.05, 3.63) is 24.3 Å². The first-order chi connectivity index (χ1) is 10.5. The third-order valence-corrected chi connectivity index (χ3v) is 4.46. The lowest BCUT2D eigenvalue weighted by molar-refractivity contribution is 0.120. The number of urea groups is 1. The standard InChI is InChI=1S/C17H27N3O2/c1-13(2)19(3)15-8-10-20(11-9-15)17(21)18-14-6-5-7-16(12-14)22-4/h5-7,12-13,15H,8-11H2,1-4H3,(H,18,21). The van der Waals surface area contributed by atoms with Gasteiger partial charge in [0.1, 0.15) is 5.75 Å². The third kappa shape index (κ3) is 4.13. The molecular formula is C17H27N3O2. The molecule has 0 unspecified atom stereocenters. The van der Waals surface area contributed by atoms with Crippen LogP contribution in [-0.4, -0.2) is 55.2 Å². The summed E-state index contributed by atoms with van der Waals surface area (Å²) in [4.78, 5) is 16.6. The van der Waals surface area contributed by atoms with E-state index in [2.05, 4.69) is 31.1 Å². The molecule has 1 N–H and O–H groups in total. The van der Waals surface area contributed by atoms with Crippen molar-refractivity contribution in [2.75, 3.05) is 32.6 Å². The lowest BCUT2D eigenvalue weighted by Gasteiger charge is -2.38. The predicted molar refractivity (Wildman–Crippen MR) is 89.5 cm³/mol. The molecule has 0 spiro atoms. The molecule has 122 valence electrons. The fourth-order valence-corrected chi connectivity index (χ4v) is 2.80. The largest absolute Gasteiger partial charge is 0.497 e. The van der Waals surface area contributed by atoms with E-state index in [-0.39, 0.29) is 6.03 Å². The molecule has 5 nitrogen and oxygen atoms in total. The number of hydrogen-bond acceptors (Lipinski definition) is 3. The Morgan fingerprint density at radius 2 is 2.05 bits per heavy atom. The number of rotatable bonds is 4. The number of hydrogen-bond donors (Lipinski definition) is 1. The Hall–Kier alpha value is -1.75. The summed E-state index contributed by atoms with van der Waals surface area (Å²) < 4.78 is 5.17. The second-order valence-electron chi connectivity index (χ2n) is 6.14. The topological polar surface area (TPSA) is 44.8 Å². The highest BCUT2D eigenvalue weighted by Gasteiger charge is 2.26. The average molecular weight is 305 g/mol. The van der Waals surface area contributed by atoms with Crippen LogP contribution in [0.2, 0.25) is 0 Å². The number of methoxy groups -OCH3 is 1. The van der Waals surface area contributed by atoms with E-state index in [1.54, 1.807) is 7.11 Å². The van der Waals surface area contributed by atoms with Gasteiger partial charge in [0.05, 0.1) is 7.11 Å². The molecule has 0 bridgehead atoms. The van der Waals surface area contributed by atoms with E-state index in [0.717, 1.165) is 37.4 Å². The van der Waals surface area contributed by atoms with E-state index in [1.165, 1.54) is 0 Å². The molecule has 1 aromatic rings. The number of carbonyl (C=O) groups is 1. The zero-order valence-corrected chi connectivity index (χ0v) is 14.0. The zero-order chi connectivity index (χ0) is 16.1. The molecule has 1 aliphatic rings.